The molecule has 20 heavy (non-hydrogen) atoms. The van der Waals surface area contributed by atoms with Gasteiger partial charge in [0.2, 0.25) is 0 Å². The highest BCUT2D eigenvalue weighted by molar-refractivity contribution is 7.89. The number of nitrogen functional groups attached to an aromatic ring is 1. The third-order valence-electron chi connectivity index (χ3n) is 3.16. The Morgan fingerprint density at radius 3 is 2.65 bits per heavy atom. The van der Waals surface area contributed by atoms with Gasteiger partial charge < -0.3 is 10.5 Å². The summed E-state index contributed by atoms with van der Waals surface area (Å²) in [6.07, 6.45) is 3.14. The summed E-state index contributed by atoms with van der Waals surface area (Å²) in [5.74, 6) is 0.325. The molecule has 1 fully saturated rings. The van der Waals surface area contributed by atoms with E-state index in [1.807, 2.05) is 6.92 Å². The molecule has 112 valence electrons. The quantitative estimate of drug-likeness (QED) is 0.802. The van der Waals surface area contributed by atoms with Gasteiger partial charge in [0.1, 0.15) is 10.6 Å². The van der Waals surface area contributed by atoms with Crippen molar-refractivity contribution >= 4 is 15.7 Å². The first-order valence-corrected chi connectivity index (χ1v) is 8.31. The molecule has 6 nitrogen and oxygen atoms in total. The molecule has 0 aromatic heterocycles. The van der Waals surface area contributed by atoms with E-state index < -0.39 is 10.0 Å². The van der Waals surface area contributed by atoms with Crippen LogP contribution >= 0.6 is 0 Å². The van der Waals surface area contributed by atoms with Gasteiger partial charge in [-0.3, -0.25) is 0 Å². The number of piperidine rings is 1. The second-order valence-corrected chi connectivity index (χ2v) is 6.41. The number of hydrazine groups is 1. The molecule has 0 radical (unpaired) electrons. The Morgan fingerprint density at radius 2 is 2.00 bits per heavy atom. The largest absolute Gasteiger partial charge is 0.492 e. The van der Waals surface area contributed by atoms with Gasteiger partial charge in [-0.15, -0.1) is 4.83 Å². The first-order valence-electron chi connectivity index (χ1n) is 6.82. The van der Waals surface area contributed by atoms with Gasteiger partial charge in [-0.25, -0.2) is 13.4 Å². The SMILES string of the molecule is CCOc1ccc(N)cc1S(=O)(=O)NN1CCCCC1. The summed E-state index contributed by atoms with van der Waals surface area (Å²) in [4.78, 5) is 2.70. The number of benzene rings is 1. The standard InChI is InChI=1S/C13H21N3O3S/c1-2-19-12-7-6-11(14)10-13(12)20(17,18)15-16-8-4-3-5-9-16/h6-7,10,15H,2-5,8-9,14H2,1H3. The minimum atomic E-state index is -3.66. The van der Waals surface area contributed by atoms with E-state index in [0.29, 0.717) is 18.0 Å². The molecule has 3 N–H and O–H groups in total. The molecule has 0 unspecified atom stereocenters. The zero-order valence-corrected chi connectivity index (χ0v) is 12.4. The van der Waals surface area contributed by atoms with Crippen molar-refractivity contribution in [1.82, 2.24) is 9.84 Å². The van der Waals surface area contributed by atoms with E-state index in [1.54, 1.807) is 17.1 Å². The molecule has 1 saturated heterocycles. The molecule has 0 saturated carbocycles. The lowest BCUT2D eigenvalue weighted by atomic mass is 10.2. The lowest BCUT2D eigenvalue weighted by Crippen LogP contribution is -2.45. The second-order valence-electron chi connectivity index (χ2n) is 4.78. The monoisotopic (exact) mass is 299 g/mol. The second kappa shape index (κ2) is 6.43. The number of ether oxygens (including phenoxy) is 1. The van der Waals surface area contributed by atoms with Gasteiger partial charge in [0, 0.05) is 18.8 Å². The highest BCUT2D eigenvalue weighted by atomic mass is 32.2. The van der Waals surface area contributed by atoms with Crippen LogP contribution in [-0.2, 0) is 10.0 Å². The summed E-state index contributed by atoms with van der Waals surface area (Å²) in [6, 6.07) is 4.64. The van der Waals surface area contributed by atoms with Crippen LogP contribution in [0.1, 0.15) is 26.2 Å². The van der Waals surface area contributed by atoms with Crippen LogP contribution < -0.4 is 15.3 Å². The Morgan fingerprint density at radius 1 is 1.30 bits per heavy atom. The van der Waals surface area contributed by atoms with E-state index in [-0.39, 0.29) is 4.90 Å². The number of hydrogen-bond acceptors (Lipinski definition) is 5. The van der Waals surface area contributed by atoms with Gasteiger partial charge in [0.15, 0.2) is 0 Å². The average Bonchev–Trinajstić information content (AvgIpc) is 2.41. The molecule has 2 rings (SSSR count). The number of nitrogens with two attached hydrogens (primary N) is 1. The smallest absolute Gasteiger partial charge is 0.257 e. The summed E-state index contributed by atoms with van der Waals surface area (Å²) >= 11 is 0. The topological polar surface area (TPSA) is 84.7 Å². The van der Waals surface area contributed by atoms with E-state index >= 15 is 0 Å². The highest BCUT2D eigenvalue weighted by Gasteiger charge is 2.23. The van der Waals surface area contributed by atoms with Crippen molar-refractivity contribution in [1.29, 1.82) is 0 Å². The highest BCUT2D eigenvalue weighted by Crippen LogP contribution is 2.26. The molecular weight excluding hydrogens is 278 g/mol. The number of nitrogens with one attached hydrogen (secondary N) is 1. The third-order valence-corrected chi connectivity index (χ3v) is 4.56. The third kappa shape index (κ3) is 3.62. The Bertz CT molecular complexity index is 554. The lowest BCUT2D eigenvalue weighted by molar-refractivity contribution is 0.199. The van der Waals surface area contributed by atoms with Gasteiger partial charge in [-0.05, 0) is 38.0 Å². The number of hydrogen-bond donors (Lipinski definition) is 2. The molecule has 7 heteroatoms. The van der Waals surface area contributed by atoms with Crippen molar-refractivity contribution in [3.05, 3.63) is 18.2 Å². The molecular formula is C13H21N3O3S. The molecule has 0 aliphatic carbocycles. The Hall–Kier alpha value is -1.31. The average molecular weight is 299 g/mol. The number of anilines is 1. The van der Waals surface area contributed by atoms with Gasteiger partial charge in [-0.2, -0.15) is 0 Å². The fourth-order valence-electron chi connectivity index (χ4n) is 2.21. The molecule has 1 heterocycles. The number of rotatable bonds is 5. The summed E-state index contributed by atoms with van der Waals surface area (Å²) in [6.45, 7) is 3.66. The molecule has 1 aliphatic rings. The Kier molecular flexibility index (Phi) is 4.85. The fraction of sp³-hybridized carbons (Fsp3) is 0.538. The maximum atomic E-state index is 12.5. The first kappa shape index (κ1) is 15.1. The van der Waals surface area contributed by atoms with Gasteiger partial charge in [0.05, 0.1) is 6.61 Å². The zero-order chi connectivity index (χ0) is 14.6. The van der Waals surface area contributed by atoms with Crippen LogP contribution in [0, 0.1) is 0 Å². The minimum absolute atomic E-state index is 0.0879. The predicted molar refractivity (Wildman–Crippen MR) is 77.8 cm³/mol. The van der Waals surface area contributed by atoms with Crippen LogP contribution in [0.5, 0.6) is 5.75 Å². The predicted octanol–water partition coefficient (Wildman–Crippen LogP) is 1.35. The van der Waals surface area contributed by atoms with E-state index in [2.05, 4.69) is 4.83 Å². The lowest BCUT2D eigenvalue weighted by Gasteiger charge is -2.27. The molecule has 1 aromatic rings. The van der Waals surface area contributed by atoms with Gasteiger partial charge in [0.25, 0.3) is 10.0 Å². The minimum Gasteiger partial charge on any atom is -0.492 e. The van der Waals surface area contributed by atoms with Crippen LogP contribution in [-0.4, -0.2) is 33.1 Å². The van der Waals surface area contributed by atoms with Gasteiger partial charge >= 0.3 is 0 Å². The van der Waals surface area contributed by atoms with Crippen molar-refractivity contribution in [3.63, 3.8) is 0 Å². The molecule has 0 atom stereocenters. The van der Waals surface area contributed by atoms with E-state index in [1.165, 1.54) is 6.07 Å². The summed E-state index contributed by atoms with van der Waals surface area (Å²) in [7, 11) is -3.66. The van der Waals surface area contributed by atoms with E-state index in [4.69, 9.17) is 10.5 Å². The first-order chi connectivity index (χ1) is 9.53. The summed E-state index contributed by atoms with van der Waals surface area (Å²) < 4.78 is 30.3. The van der Waals surface area contributed by atoms with Crippen LogP contribution in [0.15, 0.2) is 23.1 Å². The molecule has 1 aromatic carbocycles. The van der Waals surface area contributed by atoms with Crippen LogP contribution in [0.25, 0.3) is 0 Å². The van der Waals surface area contributed by atoms with Crippen molar-refractivity contribution in [2.24, 2.45) is 0 Å². The van der Waals surface area contributed by atoms with Crippen molar-refractivity contribution in [3.8, 4) is 5.75 Å². The van der Waals surface area contributed by atoms with Crippen molar-refractivity contribution in [2.75, 3.05) is 25.4 Å². The normalized spacial score (nSPS) is 17.1. The zero-order valence-electron chi connectivity index (χ0n) is 11.6. The van der Waals surface area contributed by atoms with Crippen LogP contribution in [0.2, 0.25) is 0 Å². The Balaban J connectivity index is 2.25. The Labute approximate surface area is 119 Å². The number of nitrogens with zero attached hydrogens (tertiary/aromatic N) is 1. The maximum absolute atomic E-state index is 12.5. The van der Waals surface area contributed by atoms with E-state index in [0.717, 1.165) is 32.4 Å². The molecule has 1 aliphatic heterocycles. The van der Waals surface area contributed by atoms with E-state index in [9.17, 15) is 8.42 Å². The summed E-state index contributed by atoms with van der Waals surface area (Å²) in [5, 5.41) is 1.73. The summed E-state index contributed by atoms with van der Waals surface area (Å²) in [5.41, 5.74) is 6.09. The van der Waals surface area contributed by atoms with Crippen molar-refractivity contribution < 1.29 is 13.2 Å². The van der Waals surface area contributed by atoms with Crippen molar-refractivity contribution in [2.45, 2.75) is 31.1 Å². The van der Waals surface area contributed by atoms with Crippen LogP contribution in [0.3, 0.4) is 0 Å². The molecule has 0 amide bonds. The molecule has 0 spiro atoms. The van der Waals surface area contributed by atoms with Gasteiger partial charge in [-0.1, -0.05) is 6.42 Å². The maximum Gasteiger partial charge on any atom is 0.257 e. The molecule has 0 bridgehead atoms. The van der Waals surface area contributed by atoms with Crippen LogP contribution in [0.4, 0.5) is 5.69 Å². The number of sulfonamides is 1. The fourth-order valence-corrected chi connectivity index (χ4v) is 3.52.